The van der Waals surface area contributed by atoms with Gasteiger partial charge in [-0.3, -0.25) is 9.36 Å². The SMILES string of the molecule is CCOP(=O)(OCC)C(NC(=O)c1cc(OC)c(OC)cc1OC)C(F)(F)F. The summed E-state index contributed by atoms with van der Waals surface area (Å²) < 4.78 is 78.0. The van der Waals surface area contributed by atoms with Crippen molar-refractivity contribution in [3.8, 4) is 17.2 Å². The van der Waals surface area contributed by atoms with Gasteiger partial charge in [0.25, 0.3) is 5.91 Å². The third-order valence-electron chi connectivity index (χ3n) is 3.46. The smallest absolute Gasteiger partial charge is 0.420 e. The molecular formula is C16H23F3NO7P. The molecule has 28 heavy (non-hydrogen) atoms. The molecule has 12 heteroatoms. The number of alkyl halides is 3. The number of amides is 1. The van der Waals surface area contributed by atoms with Crippen molar-refractivity contribution in [3.05, 3.63) is 17.7 Å². The van der Waals surface area contributed by atoms with E-state index in [9.17, 15) is 22.5 Å². The monoisotopic (exact) mass is 429 g/mol. The maximum Gasteiger partial charge on any atom is 0.420 e. The first-order chi connectivity index (χ1) is 13.1. The first kappa shape index (κ1) is 24.1. The summed E-state index contributed by atoms with van der Waals surface area (Å²) in [5, 5.41) is 1.69. The molecule has 0 heterocycles. The van der Waals surface area contributed by atoms with Crippen molar-refractivity contribution >= 4 is 13.5 Å². The number of hydrogen-bond acceptors (Lipinski definition) is 7. The highest BCUT2D eigenvalue weighted by atomic mass is 31.2. The van der Waals surface area contributed by atoms with Crippen LogP contribution in [0.4, 0.5) is 13.2 Å². The molecule has 1 rings (SSSR count). The normalized spacial score (nSPS) is 13.0. The zero-order chi connectivity index (χ0) is 21.5. The number of nitrogens with one attached hydrogen (secondary N) is 1. The average molecular weight is 429 g/mol. The number of methoxy groups -OCH3 is 3. The molecule has 0 aromatic heterocycles. The van der Waals surface area contributed by atoms with E-state index in [2.05, 4.69) is 0 Å². The summed E-state index contributed by atoms with van der Waals surface area (Å²) in [7, 11) is -0.871. The van der Waals surface area contributed by atoms with Crippen LogP contribution in [0.15, 0.2) is 12.1 Å². The molecule has 1 aromatic carbocycles. The summed E-state index contributed by atoms with van der Waals surface area (Å²) in [5.74, 6) is -3.85. The predicted octanol–water partition coefficient (Wildman–Crippen LogP) is 3.60. The van der Waals surface area contributed by atoms with E-state index in [1.807, 2.05) is 0 Å². The lowest BCUT2D eigenvalue weighted by molar-refractivity contribution is -0.139. The summed E-state index contributed by atoms with van der Waals surface area (Å²) in [4.78, 5) is 12.6. The fourth-order valence-electron chi connectivity index (χ4n) is 2.29. The second-order valence-electron chi connectivity index (χ2n) is 5.20. The van der Waals surface area contributed by atoms with Crippen LogP contribution in [0.3, 0.4) is 0 Å². The number of ether oxygens (including phenoxy) is 3. The third-order valence-corrected chi connectivity index (χ3v) is 5.75. The second kappa shape index (κ2) is 9.99. The van der Waals surface area contributed by atoms with E-state index in [0.29, 0.717) is 0 Å². The molecule has 1 atom stereocenters. The molecule has 0 aliphatic carbocycles. The Labute approximate surface area is 160 Å². The first-order valence-corrected chi connectivity index (χ1v) is 9.75. The Morgan fingerprint density at radius 2 is 1.46 bits per heavy atom. The van der Waals surface area contributed by atoms with Gasteiger partial charge in [0.15, 0.2) is 11.5 Å². The summed E-state index contributed by atoms with van der Waals surface area (Å²) in [5.41, 5.74) is -0.283. The molecule has 8 nitrogen and oxygen atoms in total. The Morgan fingerprint density at radius 1 is 1.00 bits per heavy atom. The van der Waals surface area contributed by atoms with Gasteiger partial charge in [-0.25, -0.2) is 0 Å². The van der Waals surface area contributed by atoms with Crippen LogP contribution in [0.2, 0.25) is 0 Å². The number of rotatable bonds is 10. The van der Waals surface area contributed by atoms with Crippen LogP contribution in [-0.2, 0) is 13.6 Å². The fraction of sp³-hybridized carbons (Fsp3) is 0.562. The lowest BCUT2D eigenvalue weighted by Gasteiger charge is -2.28. The van der Waals surface area contributed by atoms with Crippen LogP contribution >= 0.6 is 7.60 Å². The summed E-state index contributed by atoms with van der Waals surface area (Å²) in [6.45, 7) is 2.11. The lowest BCUT2D eigenvalue weighted by atomic mass is 10.1. The largest absolute Gasteiger partial charge is 0.496 e. The van der Waals surface area contributed by atoms with Gasteiger partial charge in [0, 0.05) is 12.1 Å². The summed E-state index contributed by atoms with van der Waals surface area (Å²) >= 11 is 0. The molecule has 1 unspecified atom stereocenters. The Kier molecular flexibility index (Phi) is 8.59. The average Bonchev–Trinajstić information content (AvgIpc) is 2.63. The molecule has 1 N–H and O–H groups in total. The molecule has 0 aliphatic rings. The zero-order valence-electron chi connectivity index (χ0n) is 16.1. The van der Waals surface area contributed by atoms with E-state index in [0.717, 1.165) is 6.07 Å². The highest BCUT2D eigenvalue weighted by Crippen LogP contribution is 2.57. The van der Waals surface area contributed by atoms with Gasteiger partial charge in [-0.05, 0) is 13.8 Å². The number of hydrogen-bond donors (Lipinski definition) is 1. The van der Waals surface area contributed by atoms with E-state index in [1.54, 1.807) is 5.32 Å². The quantitative estimate of drug-likeness (QED) is 0.568. The topological polar surface area (TPSA) is 92.3 Å². The third kappa shape index (κ3) is 5.52. The zero-order valence-corrected chi connectivity index (χ0v) is 17.0. The van der Waals surface area contributed by atoms with Crippen molar-refractivity contribution < 1.29 is 45.8 Å². The highest BCUT2D eigenvalue weighted by molar-refractivity contribution is 7.54. The van der Waals surface area contributed by atoms with Gasteiger partial charge in [0.1, 0.15) is 5.75 Å². The van der Waals surface area contributed by atoms with Crippen LogP contribution in [-0.4, -0.2) is 52.4 Å². The molecule has 1 aromatic rings. The van der Waals surface area contributed by atoms with Crippen LogP contribution in [0, 0.1) is 0 Å². The van der Waals surface area contributed by atoms with Crippen LogP contribution in [0.25, 0.3) is 0 Å². The minimum Gasteiger partial charge on any atom is -0.496 e. The second-order valence-corrected chi connectivity index (χ2v) is 7.31. The fourth-order valence-corrected chi connectivity index (χ4v) is 4.02. The number of carbonyl (C=O) groups is 1. The maximum absolute atomic E-state index is 13.6. The molecule has 0 radical (unpaired) electrons. The molecule has 160 valence electrons. The molecular weight excluding hydrogens is 406 g/mol. The number of carbonyl (C=O) groups excluding carboxylic acids is 1. The van der Waals surface area contributed by atoms with E-state index < -0.39 is 25.5 Å². The van der Waals surface area contributed by atoms with Crippen molar-refractivity contribution in [3.63, 3.8) is 0 Å². The number of halogens is 3. The van der Waals surface area contributed by atoms with Gasteiger partial charge in [0.2, 0.25) is 5.78 Å². The Bertz CT molecular complexity index is 717. The Balaban J connectivity index is 3.38. The van der Waals surface area contributed by atoms with Gasteiger partial charge in [-0.2, -0.15) is 13.2 Å². The van der Waals surface area contributed by atoms with Crippen LogP contribution in [0.5, 0.6) is 17.2 Å². The Morgan fingerprint density at radius 3 is 1.86 bits per heavy atom. The van der Waals surface area contributed by atoms with Gasteiger partial charge in [-0.15, -0.1) is 0 Å². The first-order valence-electron chi connectivity index (χ1n) is 8.14. The van der Waals surface area contributed by atoms with Crippen molar-refractivity contribution in [1.29, 1.82) is 0 Å². The molecule has 0 aliphatic heterocycles. The van der Waals surface area contributed by atoms with Gasteiger partial charge in [0.05, 0.1) is 40.1 Å². The molecule has 1 amide bonds. The predicted molar refractivity (Wildman–Crippen MR) is 94.3 cm³/mol. The molecule has 0 bridgehead atoms. The highest BCUT2D eigenvalue weighted by Gasteiger charge is 2.55. The van der Waals surface area contributed by atoms with E-state index in [-0.39, 0.29) is 36.0 Å². The van der Waals surface area contributed by atoms with E-state index >= 15 is 0 Å². The van der Waals surface area contributed by atoms with Crippen molar-refractivity contribution in [2.45, 2.75) is 25.8 Å². The Hall–Kier alpha value is -1.97. The maximum atomic E-state index is 13.6. The minimum atomic E-state index is -5.10. The standard InChI is InChI=1S/C16H23F3NO7P/c1-6-26-28(22,27-7-2)15(16(17,18)19)20-14(21)10-8-12(24-4)13(25-5)9-11(10)23-3/h8-9,15H,6-7H2,1-5H3,(H,20,21). The van der Waals surface area contributed by atoms with E-state index in [1.165, 1.54) is 41.2 Å². The van der Waals surface area contributed by atoms with Crippen LogP contribution < -0.4 is 19.5 Å². The molecule has 0 saturated heterocycles. The molecule has 0 fully saturated rings. The minimum absolute atomic E-state index is 0.0706. The van der Waals surface area contributed by atoms with E-state index in [4.69, 9.17) is 23.3 Å². The summed E-state index contributed by atoms with van der Waals surface area (Å²) in [6.07, 6.45) is -5.10. The van der Waals surface area contributed by atoms with Crippen molar-refractivity contribution in [1.82, 2.24) is 5.32 Å². The van der Waals surface area contributed by atoms with Gasteiger partial charge < -0.3 is 28.6 Å². The van der Waals surface area contributed by atoms with Crippen LogP contribution in [0.1, 0.15) is 24.2 Å². The lowest BCUT2D eigenvalue weighted by Crippen LogP contribution is -2.46. The van der Waals surface area contributed by atoms with Crippen molar-refractivity contribution in [2.24, 2.45) is 0 Å². The van der Waals surface area contributed by atoms with Gasteiger partial charge in [-0.1, -0.05) is 0 Å². The number of benzene rings is 1. The molecule has 0 saturated carbocycles. The van der Waals surface area contributed by atoms with Crippen molar-refractivity contribution in [2.75, 3.05) is 34.5 Å². The molecule has 0 spiro atoms. The summed E-state index contributed by atoms with van der Waals surface area (Å²) in [6, 6.07) is 2.42. The van der Waals surface area contributed by atoms with Gasteiger partial charge >= 0.3 is 13.8 Å².